The first-order valence-corrected chi connectivity index (χ1v) is 8.43. The fourth-order valence-corrected chi connectivity index (χ4v) is 2.99. The Morgan fingerprint density at radius 2 is 2.22 bits per heavy atom. The van der Waals surface area contributed by atoms with Gasteiger partial charge < -0.3 is 14.6 Å². The predicted octanol–water partition coefficient (Wildman–Crippen LogP) is 4.35. The summed E-state index contributed by atoms with van der Waals surface area (Å²) < 4.78 is 6.44. The van der Waals surface area contributed by atoms with Crippen LogP contribution >= 0.6 is 15.9 Å². The Morgan fingerprint density at radius 1 is 1.43 bits per heavy atom. The Labute approximate surface area is 143 Å². The van der Waals surface area contributed by atoms with E-state index in [2.05, 4.69) is 38.0 Å². The average Bonchev–Trinajstić information content (AvgIpc) is 2.91. The molecule has 0 radical (unpaired) electrons. The van der Waals surface area contributed by atoms with Gasteiger partial charge in [-0.1, -0.05) is 6.08 Å². The summed E-state index contributed by atoms with van der Waals surface area (Å²) in [6.07, 6.45) is 4.39. The zero-order valence-electron chi connectivity index (χ0n) is 13.5. The maximum Gasteiger partial charge on any atom is 0.410 e. The van der Waals surface area contributed by atoms with Gasteiger partial charge in [0.15, 0.2) is 0 Å². The minimum absolute atomic E-state index is 0.256. The monoisotopic (exact) mass is 377 g/mol. The van der Waals surface area contributed by atoms with E-state index in [4.69, 9.17) is 4.74 Å². The third kappa shape index (κ3) is 3.58. The lowest BCUT2D eigenvalue weighted by Crippen LogP contribution is -2.39. The van der Waals surface area contributed by atoms with Gasteiger partial charge in [0.2, 0.25) is 0 Å². The predicted molar refractivity (Wildman–Crippen MR) is 94.2 cm³/mol. The van der Waals surface area contributed by atoms with E-state index < -0.39 is 5.60 Å². The molecule has 0 saturated carbocycles. The molecular weight excluding hydrogens is 358 g/mol. The van der Waals surface area contributed by atoms with Crippen molar-refractivity contribution in [1.82, 2.24) is 14.9 Å². The van der Waals surface area contributed by atoms with E-state index in [1.165, 1.54) is 5.57 Å². The fourth-order valence-electron chi connectivity index (χ4n) is 2.57. The van der Waals surface area contributed by atoms with Gasteiger partial charge in [-0.3, -0.25) is 0 Å². The third-order valence-electron chi connectivity index (χ3n) is 3.69. The van der Waals surface area contributed by atoms with Gasteiger partial charge in [0.05, 0.1) is 0 Å². The number of carbonyl (C=O) groups excluding carboxylic acids is 1. The summed E-state index contributed by atoms with van der Waals surface area (Å²) in [4.78, 5) is 21.5. The average molecular weight is 378 g/mol. The number of aromatic nitrogens is 2. The van der Waals surface area contributed by atoms with Crippen LogP contribution in [-0.4, -0.2) is 39.7 Å². The zero-order chi connectivity index (χ0) is 16.6. The highest BCUT2D eigenvalue weighted by Gasteiger charge is 2.24. The van der Waals surface area contributed by atoms with Crippen LogP contribution in [0.15, 0.2) is 28.9 Å². The SMILES string of the molecule is CC(C)(C)OC(=O)N1CC=C(c2cc3c(Br)ccnc3[nH]2)CC1. The number of H-pyrrole nitrogens is 1. The maximum absolute atomic E-state index is 12.1. The second-order valence-corrected chi connectivity index (χ2v) is 7.50. The van der Waals surface area contributed by atoms with Crippen molar-refractivity contribution in [3.8, 4) is 0 Å². The molecule has 0 atom stereocenters. The van der Waals surface area contributed by atoms with E-state index in [-0.39, 0.29) is 6.09 Å². The Balaban J connectivity index is 1.75. The number of ether oxygens (including phenoxy) is 1. The van der Waals surface area contributed by atoms with Crippen LogP contribution in [0, 0.1) is 0 Å². The number of halogens is 1. The minimum atomic E-state index is -0.462. The van der Waals surface area contributed by atoms with Crippen molar-refractivity contribution in [3.05, 3.63) is 34.6 Å². The third-order valence-corrected chi connectivity index (χ3v) is 4.38. The van der Waals surface area contributed by atoms with Crippen LogP contribution in [0.4, 0.5) is 4.79 Å². The van der Waals surface area contributed by atoms with Crippen molar-refractivity contribution in [1.29, 1.82) is 0 Å². The number of carbonyl (C=O) groups is 1. The Bertz CT molecular complexity index is 774. The van der Waals surface area contributed by atoms with Crippen LogP contribution in [0.1, 0.15) is 32.9 Å². The van der Waals surface area contributed by atoms with Gasteiger partial charge in [-0.05, 0) is 60.8 Å². The first-order valence-electron chi connectivity index (χ1n) is 7.64. The van der Waals surface area contributed by atoms with E-state index in [1.807, 2.05) is 26.8 Å². The molecule has 1 aliphatic heterocycles. The van der Waals surface area contributed by atoms with Gasteiger partial charge in [-0.2, -0.15) is 0 Å². The van der Waals surface area contributed by atoms with Gasteiger partial charge in [0.1, 0.15) is 11.2 Å². The molecule has 0 saturated heterocycles. The number of rotatable bonds is 1. The molecule has 3 heterocycles. The molecule has 0 aliphatic carbocycles. The van der Waals surface area contributed by atoms with Gasteiger partial charge >= 0.3 is 6.09 Å². The smallest absolute Gasteiger partial charge is 0.410 e. The molecule has 3 rings (SSSR count). The molecule has 1 N–H and O–H groups in total. The zero-order valence-corrected chi connectivity index (χ0v) is 15.1. The number of pyridine rings is 1. The number of nitrogens with one attached hydrogen (secondary N) is 1. The molecule has 23 heavy (non-hydrogen) atoms. The number of aromatic amines is 1. The van der Waals surface area contributed by atoms with Crippen LogP contribution in [0.2, 0.25) is 0 Å². The summed E-state index contributed by atoms with van der Waals surface area (Å²) in [7, 11) is 0. The second-order valence-electron chi connectivity index (χ2n) is 6.64. The van der Waals surface area contributed by atoms with E-state index in [1.54, 1.807) is 11.1 Å². The molecule has 0 aromatic carbocycles. The topological polar surface area (TPSA) is 58.2 Å². The van der Waals surface area contributed by atoms with Crippen molar-refractivity contribution >= 4 is 38.6 Å². The van der Waals surface area contributed by atoms with E-state index in [0.717, 1.165) is 27.6 Å². The van der Waals surface area contributed by atoms with Crippen LogP contribution in [0.25, 0.3) is 16.6 Å². The van der Waals surface area contributed by atoms with E-state index >= 15 is 0 Å². The summed E-state index contributed by atoms with van der Waals surface area (Å²) in [5, 5.41) is 1.07. The highest BCUT2D eigenvalue weighted by Crippen LogP contribution is 2.28. The standard InChI is InChI=1S/C17H20BrN3O2/c1-17(2,3)23-16(22)21-8-5-11(6-9-21)14-10-12-13(18)4-7-19-15(12)20-14/h4-5,7,10H,6,8-9H2,1-3H3,(H,19,20). The molecule has 0 unspecified atom stereocenters. The summed E-state index contributed by atoms with van der Waals surface area (Å²) in [5.74, 6) is 0. The van der Waals surface area contributed by atoms with Crippen molar-refractivity contribution in [2.45, 2.75) is 32.8 Å². The molecule has 0 fully saturated rings. The Hall–Kier alpha value is -1.82. The van der Waals surface area contributed by atoms with Crippen molar-refractivity contribution in [2.75, 3.05) is 13.1 Å². The molecule has 6 heteroatoms. The number of hydrogen-bond acceptors (Lipinski definition) is 3. The van der Waals surface area contributed by atoms with E-state index in [0.29, 0.717) is 13.1 Å². The minimum Gasteiger partial charge on any atom is -0.444 e. The van der Waals surface area contributed by atoms with Crippen molar-refractivity contribution in [2.24, 2.45) is 0 Å². The molecule has 2 aromatic rings. The van der Waals surface area contributed by atoms with Crippen molar-refractivity contribution < 1.29 is 9.53 Å². The molecule has 1 amide bonds. The van der Waals surface area contributed by atoms with Gasteiger partial charge in [0.25, 0.3) is 0 Å². The first kappa shape index (κ1) is 16.1. The lowest BCUT2D eigenvalue weighted by molar-refractivity contribution is 0.0270. The number of fused-ring (bicyclic) bond motifs is 1. The van der Waals surface area contributed by atoms with Gasteiger partial charge in [-0.15, -0.1) is 0 Å². The van der Waals surface area contributed by atoms with Crippen LogP contribution < -0.4 is 0 Å². The Kier molecular flexibility index (Phi) is 4.19. The maximum atomic E-state index is 12.1. The molecule has 1 aliphatic rings. The summed E-state index contributed by atoms with van der Waals surface area (Å²) >= 11 is 3.54. The molecule has 0 bridgehead atoms. The van der Waals surface area contributed by atoms with Gasteiger partial charge in [0, 0.05) is 34.8 Å². The molecule has 2 aromatic heterocycles. The molecule has 0 spiro atoms. The second kappa shape index (κ2) is 6.00. The van der Waals surface area contributed by atoms with Crippen LogP contribution in [0.5, 0.6) is 0 Å². The molecular formula is C17H20BrN3O2. The first-order chi connectivity index (χ1) is 10.8. The fraction of sp³-hybridized carbons (Fsp3) is 0.412. The Morgan fingerprint density at radius 3 is 2.83 bits per heavy atom. The molecule has 122 valence electrons. The van der Waals surface area contributed by atoms with Crippen molar-refractivity contribution in [3.63, 3.8) is 0 Å². The number of amides is 1. The number of hydrogen-bond donors (Lipinski definition) is 1. The number of nitrogens with zero attached hydrogens (tertiary/aromatic N) is 2. The van der Waals surface area contributed by atoms with E-state index in [9.17, 15) is 4.79 Å². The quantitative estimate of drug-likeness (QED) is 0.803. The summed E-state index contributed by atoms with van der Waals surface area (Å²) in [6.45, 7) is 6.86. The highest BCUT2D eigenvalue weighted by atomic mass is 79.9. The summed E-state index contributed by atoms with van der Waals surface area (Å²) in [5.41, 5.74) is 2.67. The lowest BCUT2D eigenvalue weighted by atomic mass is 10.1. The van der Waals surface area contributed by atoms with Crippen LogP contribution in [0.3, 0.4) is 0 Å². The highest BCUT2D eigenvalue weighted by molar-refractivity contribution is 9.10. The normalized spacial score (nSPS) is 15.7. The van der Waals surface area contributed by atoms with Gasteiger partial charge in [-0.25, -0.2) is 9.78 Å². The molecule has 5 nitrogen and oxygen atoms in total. The van der Waals surface area contributed by atoms with Crippen LogP contribution in [-0.2, 0) is 4.74 Å². The summed E-state index contributed by atoms with van der Waals surface area (Å²) in [6, 6.07) is 4.03. The largest absolute Gasteiger partial charge is 0.444 e. The lowest BCUT2D eigenvalue weighted by Gasteiger charge is -2.29.